The lowest BCUT2D eigenvalue weighted by Gasteiger charge is -2.34. The summed E-state index contributed by atoms with van der Waals surface area (Å²) in [6, 6.07) is 10.6. The van der Waals surface area contributed by atoms with Gasteiger partial charge in [0.1, 0.15) is 0 Å². The van der Waals surface area contributed by atoms with Gasteiger partial charge in [0.2, 0.25) is 5.91 Å². The van der Waals surface area contributed by atoms with Gasteiger partial charge in [-0.2, -0.15) is 0 Å². The fourth-order valence-electron chi connectivity index (χ4n) is 3.73. The molecule has 0 spiro atoms. The van der Waals surface area contributed by atoms with Crippen molar-refractivity contribution in [2.24, 2.45) is 5.92 Å². The highest BCUT2D eigenvalue weighted by Gasteiger charge is 2.33. The Morgan fingerprint density at radius 1 is 1.16 bits per heavy atom. The van der Waals surface area contributed by atoms with E-state index in [0.717, 1.165) is 45.2 Å². The van der Waals surface area contributed by atoms with Crippen LogP contribution < -0.4 is 0 Å². The summed E-state index contributed by atoms with van der Waals surface area (Å²) < 4.78 is 0. The minimum absolute atomic E-state index is 0.213. The van der Waals surface area contributed by atoms with Crippen molar-refractivity contribution >= 4 is 11.9 Å². The Morgan fingerprint density at radius 3 is 2.60 bits per heavy atom. The summed E-state index contributed by atoms with van der Waals surface area (Å²) >= 11 is 0. The summed E-state index contributed by atoms with van der Waals surface area (Å²) in [6.45, 7) is 2.95. The second-order valence-electron chi connectivity index (χ2n) is 7.41. The van der Waals surface area contributed by atoms with E-state index in [-0.39, 0.29) is 12.3 Å². The van der Waals surface area contributed by atoms with Crippen LogP contribution in [0.15, 0.2) is 30.3 Å². The van der Waals surface area contributed by atoms with Gasteiger partial charge in [-0.15, -0.1) is 0 Å². The molecule has 1 N–H and O–H groups in total. The van der Waals surface area contributed by atoms with E-state index in [1.807, 2.05) is 23.1 Å². The van der Waals surface area contributed by atoms with Gasteiger partial charge in [-0.1, -0.05) is 30.3 Å². The molecule has 5 heteroatoms. The van der Waals surface area contributed by atoms with Gasteiger partial charge in [0.15, 0.2) is 0 Å². The number of amides is 1. The van der Waals surface area contributed by atoms with Crippen LogP contribution in [0.3, 0.4) is 0 Å². The summed E-state index contributed by atoms with van der Waals surface area (Å²) in [5.74, 6) is -0.109. The molecule has 3 rings (SSSR count). The number of hydrogen-bond acceptors (Lipinski definition) is 3. The van der Waals surface area contributed by atoms with Crippen molar-refractivity contribution in [3.63, 3.8) is 0 Å². The van der Waals surface area contributed by atoms with Crippen LogP contribution in [-0.2, 0) is 16.1 Å². The van der Waals surface area contributed by atoms with Crippen LogP contribution in [0.5, 0.6) is 0 Å². The molecule has 1 aromatic rings. The number of carboxylic acid groups (broad SMARTS) is 1. The van der Waals surface area contributed by atoms with E-state index in [9.17, 15) is 9.59 Å². The third-order valence-electron chi connectivity index (χ3n) is 5.23. The SMILES string of the molecule is O=C(O)CCC1CCCN(CC(=O)N(Cc2ccccc2)C2CC2)C1. The monoisotopic (exact) mass is 344 g/mol. The first kappa shape index (κ1) is 17.9. The van der Waals surface area contributed by atoms with Crippen molar-refractivity contribution in [3.05, 3.63) is 35.9 Å². The summed E-state index contributed by atoms with van der Waals surface area (Å²) in [6.07, 6.45) is 5.30. The van der Waals surface area contributed by atoms with Crippen LogP contribution in [0.25, 0.3) is 0 Å². The predicted octanol–water partition coefficient (Wildman–Crippen LogP) is 2.75. The molecule has 0 bridgehead atoms. The summed E-state index contributed by atoms with van der Waals surface area (Å²) in [5, 5.41) is 8.86. The van der Waals surface area contributed by atoms with Crippen molar-refractivity contribution in [2.45, 2.75) is 51.1 Å². The molecule has 5 nitrogen and oxygen atoms in total. The lowest BCUT2D eigenvalue weighted by atomic mass is 9.93. The number of carbonyl (C=O) groups is 2. The molecule has 0 aromatic heterocycles. The number of rotatable bonds is 8. The van der Waals surface area contributed by atoms with Gasteiger partial charge in [0.25, 0.3) is 0 Å². The van der Waals surface area contributed by atoms with Crippen LogP contribution in [0, 0.1) is 5.92 Å². The summed E-state index contributed by atoms with van der Waals surface area (Å²) in [7, 11) is 0. The second kappa shape index (κ2) is 8.48. The maximum absolute atomic E-state index is 12.9. The predicted molar refractivity (Wildman–Crippen MR) is 96.0 cm³/mol. The molecule has 2 fully saturated rings. The third-order valence-corrected chi connectivity index (χ3v) is 5.23. The number of nitrogens with zero attached hydrogens (tertiary/aromatic N) is 2. The summed E-state index contributed by atoms with van der Waals surface area (Å²) in [5.41, 5.74) is 1.18. The Hall–Kier alpha value is -1.88. The molecular weight excluding hydrogens is 316 g/mol. The van der Waals surface area contributed by atoms with Crippen LogP contribution in [0.4, 0.5) is 0 Å². The first-order valence-electron chi connectivity index (χ1n) is 9.39. The molecule has 1 aromatic carbocycles. The average Bonchev–Trinajstić information content (AvgIpc) is 3.44. The van der Waals surface area contributed by atoms with E-state index < -0.39 is 5.97 Å². The van der Waals surface area contributed by atoms with E-state index in [1.165, 1.54) is 5.56 Å². The summed E-state index contributed by atoms with van der Waals surface area (Å²) in [4.78, 5) is 27.9. The number of benzene rings is 1. The molecule has 1 atom stereocenters. The smallest absolute Gasteiger partial charge is 0.303 e. The van der Waals surface area contributed by atoms with Gasteiger partial charge >= 0.3 is 5.97 Å². The van der Waals surface area contributed by atoms with Gasteiger partial charge in [-0.3, -0.25) is 14.5 Å². The fraction of sp³-hybridized carbons (Fsp3) is 0.600. The second-order valence-corrected chi connectivity index (χ2v) is 7.41. The molecule has 1 unspecified atom stereocenters. The highest BCUT2D eigenvalue weighted by atomic mass is 16.4. The van der Waals surface area contributed by atoms with Gasteiger partial charge in [0.05, 0.1) is 6.54 Å². The van der Waals surface area contributed by atoms with Crippen molar-refractivity contribution in [2.75, 3.05) is 19.6 Å². The van der Waals surface area contributed by atoms with E-state index in [1.54, 1.807) is 0 Å². The van der Waals surface area contributed by atoms with Crippen molar-refractivity contribution in [1.29, 1.82) is 0 Å². The first-order valence-corrected chi connectivity index (χ1v) is 9.39. The maximum atomic E-state index is 12.9. The van der Waals surface area contributed by atoms with Gasteiger partial charge in [-0.25, -0.2) is 0 Å². The van der Waals surface area contributed by atoms with Crippen LogP contribution in [0.1, 0.15) is 44.1 Å². The van der Waals surface area contributed by atoms with E-state index in [4.69, 9.17) is 5.11 Å². The highest BCUT2D eigenvalue weighted by Crippen LogP contribution is 2.29. The van der Waals surface area contributed by atoms with Crippen molar-refractivity contribution < 1.29 is 14.7 Å². The zero-order chi connectivity index (χ0) is 17.6. The normalized spacial score (nSPS) is 21.0. The number of likely N-dealkylation sites (tertiary alicyclic amines) is 1. The molecule has 1 saturated heterocycles. The Bertz CT molecular complexity index is 586. The quantitative estimate of drug-likeness (QED) is 0.788. The highest BCUT2D eigenvalue weighted by molar-refractivity contribution is 5.79. The van der Waals surface area contributed by atoms with Crippen LogP contribution in [-0.4, -0.2) is 52.5 Å². The van der Waals surface area contributed by atoms with E-state index in [0.29, 0.717) is 25.0 Å². The van der Waals surface area contributed by atoms with Crippen molar-refractivity contribution in [3.8, 4) is 0 Å². The molecular formula is C20H28N2O3. The average molecular weight is 344 g/mol. The number of carbonyl (C=O) groups excluding carboxylic acids is 1. The molecule has 136 valence electrons. The topological polar surface area (TPSA) is 60.9 Å². The first-order chi connectivity index (χ1) is 12.1. The minimum atomic E-state index is -0.726. The number of hydrogen-bond donors (Lipinski definition) is 1. The minimum Gasteiger partial charge on any atom is -0.481 e. The Morgan fingerprint density at radius 2 is 1.92 bits per heavy atom. The Kier molecular flexibility index (Phi) is 6.08. The fourth-order valence-corrected chi connectivity index (χ4v) is 3.73. The van der Waals surface area contributed by atoms with Gasteiger partial charge in [0, 0.05) is 25.6 Å². The van der Waals surface area contributed by atoms with Crippen LogP contribution in [0.2, 0.25) is 0 Å². The molecule has 1 amide bonds. The zero-order valence-corrected chi connectivity index (χ0v) is 14.8. The number of piperidine rings is 1. The maximum Gasteiger partial charge on any atom is 0.303 e. The van der Waals surface area contributed by atoms with Gasteiger partial charge in [-0.05, 0) is 50.1 Å². The molecule has 25 heavy (non-hydrogen) atoms. The lowest BCUT2D eigenvalue weighted by molar-refractivity contribution is -0.138. The number of carboxylic acids is 1. The molecule has 0 radical (unpaired) electrons. The van der Waals surface area contributed by atoms with Crippen molar-refractivity contribution in [1.82, 2.24) is 9.80 Å². The van der Waals surface area contributed by atoms with E-state index in [2.05, 4.69) is 17.0 Å². The standard InChI is InChI=1S/C20H28N2O3/c23-19(15-21-12-4-7-17(13-21)8-11-20(24)25)22(18-9-10-18)14-16-5-2-1-3-6-16/h1-3,5-6,17-18H,4,7-15H2,(H,24,25). The third kappa shape index (κ3) is 5.56. The number of aliphatic carboxylic acids is 1. The molecule has 1 aliphatic carbocycles. The largest absolute Gasteiger partial charge is 0.481 e. The van der Waals surface area contributed by atoms with E-state index >= 15 is 0 Å². The molecule has 1 aliphatic heterocycles. The molecule has 1 heterocycles. The Labute approximate surface area is 149 Å². The molecule has 2 aliphatic rings. The molecule has 1 saturated carbocycles. The zero-order valence-electron chi connectivity index (χ0n) is 14.8. The van der Waals surface area contributed by atoms with Gasteiger partial charge < -0.3 is 10.0 Å². The lowest BCUT2D eigenvalue weighted by Crippen LogP contribution is -2.44. The Balaban J connectivity index is 1.53. The van der Waals surface area contributed by atoms with Crippen LogP contribution >= 0.6 is 0 Å².